The molecule has 1 aromatic heterocycles. The Balaban J connectivity index is 0. The normalized spacial score (nSPS) is 9.84. The summed E-state index contributed by atoms with van der Waals surface area (Å²) < 4.78 is 0. The van der Waals surface area contributed by atoms with Crippen molar-refractivity contribution in [2.45, 2.75) is 88.0 Å². The molecule has 0 aliphatic carbocycles. The van der Waals surface area contributed by atoms with Crippen molar-refractivity contribution in [3.05, 3.63) is 126 Å². The second kappa shape index (κ2) is 21.7. The Morgan fingerprint density at radius 1 is 0.947 bits per heavy atom. The van der Waals surface area contributed by atoms with Gasteiger partial charge in [-0.15, -0.1) is 13.2 Å². The molecule has 2 nitrogen and oxygen atoms in total. The Morgan fingerprint density at radius 2 is 1.47 bits per heavy atom. The van der Waals surface area contributed by atoms with Crippen LogP contribution in [0.3, 0.4) is 0 Å². The third-order valence-electron chi connectivity index (χ3n) is 4.93. The summed E-state index contributed by atoms with van der Waals surface area (Å²) in [5.74, 6) is 0.466. The predicted octanol–water partition coefficient (Wildman–Crippen LogP) is 10.8. The Hall–Kier alpha value is -3.39. The maximum Gasteiger partial charge on any atom is 0.0372 e. The van der Waals surface area contributed by atoms with Gasteiger partial charge >= 0.3 is 0 Å². The molecule has 0 radical (unpaired) electrons. The number of allylic oxidation sites excluding steroid dienone is 3. The number of hydrogen-bond donors (Lipinski definition) is 1. The monoisotopic (exact) mass is 514 g/mol. The zero-order chi connectivity index (χ0) is 29.7. The molecule has 208 valence electrons. The molecule has 1 unspecified atom stereocenters. The van der Waals surface area contributed by atoms with Crippen molar-refractivity contribution in [1.82, 2.24) is 4.98 Å². The lowest BCUT2D eigenvalue weighted by atomic mass is 9.90. The molecule has 0 aliphatic heterocycles. The van der Waals surface area contributed by atoms with Gasteiger partial charge in [-0.1, -0.05) is 99.0 Å². The zero-order valence-electron chi connectivity index (χ0n) is 26.0. The molecule has 3 rings (SSSR count). The van der Waals surface area contributed by atoms with Gasteiger partial charge in [-0.2, -0.15) is 0 Å². The minimum Gasteiger partial charge on any atom is -0.399 e. The third kappa shape index (κ3) is 17.9. The lowest BCUT2D eigenvalue weighted by molar-refractivity contribution is 0.752. The summed E-state index contributed by atoms with van der Waals surface area (Å²) in [5.41, 5.74) is 16.2. The van der Waals surface area contributed by atoms with Gasteiger partial charge in [0.05, 0.1) is 0 Å². The lowest BCUT2D eigenvalue weighted by Gasteiger charge is -2.15. The van der Waals surface area contributed by atoms with Crippen LogP contribution in [0.5, 0.6) is 0 Å². The van der Waals surface area contributed by atoms with E-state index in [4.69, 9.17) is 5.73 Å². The van der Waals surface area contributed by atoms with Crippen LogP contribution in [0.1, 0.15) is 94.3 Å². The highest BCUT2D eigenvalue weighted by Gasteiger charge is 2.10. The van der Waals surface area contributed by atoms with Gasteiger partial charge in [0.25, 0.3) is 0 Å². The van der Waals surface area contributed by atoms with Crippen LogP contribution in [0.4, 0.5) is 5.69 Å². The number of nitrogens with two attached hydrogens (primary N) is 1. The van der Waals surface area contributed by atoms with Gasteiger partial charge in [-0.3, -0.25) is 4.98 Å². The smallest absolute Gasteiger partial charge is 0.0372 e. The van der Waals surface area contributed by atoms with E-state index in [1.165, 1.54) is 34.2 Å². The highest BCUT2D eigenvalue weighted by atomic mass is 14.7. The van der Waals surface area contributed by atoms with E-state index >= 15 is 0 Å². The molecule has 0 fully saturated rings. The van der Waals surface area contributed by atoms with Gasteiger partial charge in [-0.05, 0) is 95.2 Å². The molecule has 0 saturated carbocycles. The lowest BCUT2D eigenvalue weighted by Crippen LogP contribution is -2.01. The second-order valence-electron chi connectivity index (χ2n) is 9.96. The van der Waals surface area contributed by atoms with Gasteiger partial charge in [0.2, 0.25) is 0 Å². The minimum absolute atomic E-state index is 0.466. The van der Waals surface area contributed by atoms with E-state index in [-0.39, 0.29) is 0 Å². The number of pyridine rings is 1. The molecule has 1 heterocycles. The summed E-state index contributed by atoms with van der Waals surface area (Å²) in [6.07, 6.45) is 6.01. The van der Waals surface area contributed by atoms with Gasteiger partial charge in [0.1, 0.15) is 0 Å². The molecule has 0 saturated heterocycles. The molecule has 38 heavy (non-hydrogen) atoms. The van der Waals surface area contributed by atoms with Crippen molar-refractivity contribution in [1.29, 1.82) is 0 Å². The van der Waals surface area contributed by atoms with E-state index in [9.17, 15) is 0 Å². The molecule has 2 heteroatoms. The number of rotatable bonds is 4. The molecule has 2 aromatic carbocycles. The largest absolute Gasteiger partial charge is 0.399 e. The molecule has 0 spiro atoms. The summed E-state index contributed by atoms with van der Waals surface area (Å²) in [7, 11) is 0. The molecule has 2 N–H and O–H groups in total. The van der Waals surface area contributed by atoms with Crippen LogP contribution in [0.25, 0.3) is 5.57 Å². The summed E-state index contributed by atoms with van der Waals surface area (Å²) in [6, 6.07) is 18.8. The maximum absolute atomic E-state index is 5.59. The number of hydrogen-bond acceptors (Lipinski definition) is 2. The van der Waals surface area contributed by atoms with E-state index in [2.05, 4.69) is 102 Å². The predicted molar refractivity (Wildman–Crippen MR) is 175 cm³/mol. The third-order valence-corrected chi connectivity index (χ3v) is 4.93. The van der Waals surface area contributed by atoms with Crippen molar-refractivity contribution in [2.24, 2.45) is 0 Å². The second-order valence-corrected chi connectivity index (χ2v) is 9.96. The number of benzene rings is 2. The van der Waals surface area contributed by atoms with Crippen molar-refractivity contribution in [3.8, 4) is 0 Å². The van der Waals surface area contributed by atoms with Crippen LogP contribution in [-0.2, 0) is 6.42 Å². The number of nitrogens with zero attached hydrogens (tertiary/aromatic N) is 1. The van der Waals surface area contributed by atoms with Gasteiger partial charge in [0, 0.05) is 17.6 Å². The van der Waals surface area contributed by atoms with Crippen LogP contribution in [0.15, 0.2) is 92.2 Å². The topological polar surface area (TPSA) is 38.9 Å². The average Bonchev–Trinajstić information content (AvgIpc) is 2.83. The number of anilines is 1. The van der Waals surface area contributed by atoms with Crippen molar-refractivity contribution in [2.75, 3.05) is 5.73 Å². The Labute approximate surface area is 235 Å². The number of aromatic nitrogens is 1. The number of aryl methyl sites for hydroxylation is 3. The molecular weight excluding hydrogens is 460 g/mol. The Kier molecular flexibility index (Phi) is 21.0. The van der Waals surface area contributed by atoms with E-state index in [0.717, 1.165) is 28.9 Å². The van der Waals surface area contributed by atoms with Crippen LogP contribution >= 0.6 is 0 Å². The Morgan fingerprint density at radius 3 is 1.89 bits per heavy atom. The molecule has 0 amide bonds. The highest BCUT2D eigenvalue weighted by Crippen LogP contribution is 2.25. The summed E-state index contributed by atoms with van der Waals surface area (Å²) in [4.78, 5) is 4.38. The highest BCUT2D eigenvalue weighted by molar-refractivity contribution is 5.64. The average molecular weight is 515 g/mol. The van der Waals surface area contributed by atoms with Crippen molar-refractivity contribution < 1.29 is 0 Å². The first kappa shape index (κ1) is 36.8. The minimum atomic E-state index is 0.466. The standard InChI is InChI=1S/C18H21N.C8H11N.C4H8.C3H8.C3H6/c1-13(2)18-8-6-5-7-16(18)11-14(3)17-10-9-15(4)19-12-17;1-6-3-4-8(9)7(2)5-6;1-4(2)3;2*1-3-2/h5-10,12,14H,1,11H2,2-4H3;3-5H,9H2,1-2H3;1H2,2-3H3;3H2,1-2H3;3H,1H2,2H3. The first-order valence-electron chi connectivity index (χ1n) is 13.5. The van der Waals surface area contributed by atoms with E-state index < -0.39 is 0 Å². The Bertz CT molecular complexity index is 1070. The number of nitrogen functional groups attached to an aromatic ring is 1. The first-order valence-corrected chi connectivity index (χ1v) is 13.5. The van der Waals surface area contributed by atoms with Crippen LogP contribution in [0, 0.1) is 20.8 Å². The molecular formula is C36H54N2. The van der Waals surface area contributed by atoms with Crippen molar-refractivity contribution in [3.63, 3.8) is 0 Å². The van der Waals surface area contributed by atoms with E-state index in [1.54, 1.807) is 6.08 Å². The first-order chi connectivity index (χ1) is 17.8. The van der Waals surface area contributed by atoms with E-state index in [0.29, 0.717) is 5.92 Å². The van der Waals surface area contributed by atoms with Gasteiger partial charge in [-0.25, -0.2) is 0 Å². The van der Waals surface area contributed by atoms with Crippen LogP contribution in [-0.4, -0.2) is 4.98 Å². The molecule has 0 bridgehead atoms. The molecule has 0 aliphatic rings. The summed E-state index contributed by atoms with van der Waals surface area (Å²) in [5, 5.41) is 0. The van der Waals surface area contributed by atoms with Gasteiger partial charge in [0.15, 0.2) is 0 Å². The fourth-order valence-corrected chi connectivity index (χ4v) is 3.16. The van der Waals surface area contributed by atoms with Gasteiger partial charge < -0.3 is 5.73 Å². The summed E-state index contributed by atoms with van der Waals surface area (Å²) in [6.45, 7) is 31.5. The van der Waals surface area contributed by atoms with Crippen LogP contribution in [0.2, 0.25) is 0 Å². The van der Waals surface area contributed by atoms with Crippen molar-refractivity contribution >= 4 is 11.3 Å². The van der Waals surface area contributed by atoms with Crippen LogP contribution < -0.4 is 5.73 Å². The fourth-order valence-electron chi connectivity index (χ4n) is 3.16. The molecule has 1 atom stereocenters. The SMILES string of the molecule is C=C(C)C.C=C(C)c1ccccc1CC(C)c1ccc(C)nc1.C=CC.CCC.Cc1ccc(N)c(C)c1. The maximum atomic E-state index is 5.59. The molecule has 3 aromatic rings. The zero-order valence-corrected chi connectivity index (χ0v) is 26.0. The quantitative estimate of drug-likeness (QED) is 0.278. The van der Waals surface area contributed by atoms with E-state index in [1.807, 2.05) is 52.9 Å². The summed E-state index contributed by atoms with van der Waals surface area (Å²) >= 11 is 0. The fraction of sp³-hybridized carbons (Fsp3) is 0.361.